The monoisotopic (exact) mass is 254 g/mol. The number of hydrogen-bond donors (Lipinski definition) is 2. The van der Waals surface area contributed by atoms with Gasteiger partial charge in [-0.05, 0) is 38.8 Å². The minimum absolute atomic E-state index is 0.0391. The van der Waals surface area contributed by atoms with E-state index in [4.69, 9.17) is 15.3 Å². The van der Waals surface area contributed by atoms with Crippen LogP contribution >= 0.6 is 0 Å². The Kier molecular flexibility index (Phi) is 6.39. The Morgan fingerprint density at radius 1 is 1.44 bits per heavy atom. The smallest absolute Gasteiger partial charge is 0.122 e. The van der Waals surface area contributed by atoms with Gasteiger partial charge in [-0.3, -0.25) is 4.90 Å². The molecule has 4 nitrogen and oxygen atoms in total. The van der Waals surface area contributed by atoms with Gasteiger partial charge in [0.15, 0.2) is 0 Å². The van der Waals surface area contributed by atoms with Crippen molar-refractivity contribution in [3.8, 4) is 0 Å². The molecule has 1 aromatic rings. The SMILES string of the molecule is CCC(N)C(c1ccco1)N(CCCO)C(C)C. The van der Waals surface area contributed by atoms with Crippen molar-refractivity contribution in [3.05, 3.63) is 24.2 Å². The van der Waals surface area contributed by atoms with Crippen LogP contribution in [0.4, 0.5) is 0 Å². The van der Waals surface area contributed by atoms with E-state index in [1.54, 1.807) is 6.26 Å². The first-order valence-electron chi connectivity index (χ1n) is 6.77. The van der Waals surface area contributed by atoms with Crippen LogP contribution in [0, 0.1) is 0 Å². The average Bonchev–Trinajstić information content (AvgIpc) is 2.86. The molecule has 4 heteroatoms. The molecule has 2 unspecified atom stereocenters. The van der Waals surface area contributed by atoms with E-state index < -0.39 is 0 Å². The number of aliphatic hydroxyl groups is 1. The first-order valence-corrected chi connectivity index (χ1v) is 6.77. The molecule has 0 saturated carbocycles. The summed E-state index contributed by atoms with van der Waals surface area (Å²) in [7, 11) is 0. The molecule has 0 amide bonds. The fraction of sp³-hybridized carbons (Fsp3) is 0.714. The lowest BCUT2D eigenvalue weighted by molar-refractivity contribution is 0.103. The van der Waals surface area contributed by atoms with Crippen LogP contribution in [0.3, 0.4) is 0 Å². The predicted octanol–water partition coefficient (Wildman–Crippen LogP) is 2.15. The third-order valence-electron chi connectivity index (χ3n) is 3.31. The van der Waals surface area contributed by atoms with Gasteiger partial charge < -0.3 is 15.3 Å². The van der Waals surface area contributed by atoms with E-state index in [1.165, 1.54) is 0 Å². The Hall–Kier alpha value is -0.840. The van der Waals surface area contributed by atoms with Crippen molar-refractivity contribution < 1.29 is 9.52 Å². The summed E-state index contributed by atoms with van der Waals surface area (Å²) in [6.07, 6.45) is 3.34. The zero-order valence-corrected chi connectivity index (χ0v) is 11.7. The van der Waals surface area contributed by atoms with Gasteiger partial charge in [0.1, 0.15) is 5.76 Å². The molecule has 0 aliphatic carbocycles. The summed E-state index contributed by atoms with van der Waals surface area (Å²) in [5.41, 5.74) is 6.25. The zero-order valence-electron chi connectivity index (χ0n) is 11.7. The maximum atomic E-state index is 9.02. The summed E-state index contributed by atoms with van der Waals surface area (Å²) in [4.78, 5) is 2.31. The number of nitrogens with two attached hydrogens (primary N) is 1. The van der Waals surface area contributed by atoms with Crippen LogP contribution in [0.15, 0.2) is 22.8 Å². The van der Waals surface area contributed by atoms with E-state index in [9.17, 15) is 0 Å². The second-order valence-corrected chi connectivity index (χ2v) is 4.94. The molecular weight excluding hydrogens is 228 g/mol. The molecule has 1 aromatic heterocycles. The van der Waals surface area contributed by atoms with Crippen LogP contribution in [0.5, 0.6) is 0 Å². The minimum atomic E-state index is 0.0391. The van der Waals surface area contributed by atoms with E-state index in [1.807, 2.05) is 12.1 Å². The molecule has 0 bridgehead atoms. The van der Waals surface area contributed by atoms with Gasteiger partial charge in [0, 0.05) is 25.2 Å². The number of aliphatic hydroxyl groups excluding tert-OH is 1. The van der Waals surface area contributed by atoms with Gasteiger partial charge in [-0.2, -0.15) is 0 Å². The van der Waals surface area contributed by atoms with Gasteiger partial charge in [-0.15, -0.1) is 0 Å². The van der Waals surface area contributed by atoms with E-state index in [2.05, 4.69) is 25.7 Å². The summed E-state index contributed by atoms with van der Waals surface area (Å²) in [6.45, 7) is 7.42. The molecule has 2 atom stereocenters. The Labute approximate surface area is 110 Å². The van der Waals surface area contributed by atoms with Crippen molar-refractivity contribution in [1.29, 1.82) is 0 Å². The molecule has 0 aromatic carbocycles. The summed E-state index contributed by atoms with van der Waals surface area (Å²) < 4.78 is 5.55. The Bertz CT molecular complexity index is 312. The van der Waals surface area contributed by atoms with Crippen molar-refractivity contribution in [2.75, 3.05) is 13.2 Å². The Morgan fingerprint density at radius 3 is 2.61 bits per heavy atom. The van der Waals surface area contributed by atoms with Crippen molar-refractivity contribution in [3.63, 3.8) is 0 Å². The van der Waals surface area contributed by atoms with Crippen molar-refractivity contribution in [1.82, 2.24) is 4.90 Å². The minimum Gasteiger partial charge on any atom is -0.468 e. The van der Waals surface area contributed by atoms with Crippen LogP contribution in [0.2, 0.25) is 0 Å². The molecule has 0 fully saturated rings. The molecule has 0 saturated heterocycles. The summed E-state index contributed by atoms with van der Waals surface area (Å²) in [5.74, 6) is 0.913. The third kappa shape index (κ3) is 3.83. The fourth-order valence-corrected chi connectivity index (χ4v) is 2.27. The second-order valence-electron chi connectivity index (χ2n) is 4.94. The number of rotatable bonds is 8. The normalized spacial score (nSPS) is 15.3. The fourth-order valence-electron chi connectivity index (χ4n) is 2.27. The largest absolute Gasteiger partial charge is 0.468 e. The predicted molar refractivity (Wildman–Crippen MR) is 73.3 cm³/mol. The van der Waals surface area contributed by atoms with Crippen molar-refractivity contribution >= 4 is 0 Å². The Morgan fingerprint density at radius 2 is 2.17 bits per heavy atom. The topological polar surface area (TPSA) is 62.6 Å². The van der Waals surface area contributed by atoms with Crippen LogP contribution in [0.25, 0.3) is 0 Å². The van der Waals surface area contributed by atoms with Gasteiger partial charge in [0.2, 0.25) is 0 Å². The highest BCUT2D eigenvalue weighted by atomic mass is 16.3. The highest BCUT2D eigenvalue weighted by Gasteiger charge is 2.29. The molecule has 104 valence electrons. The number of nitrogens with zero attached hydrogens (tertiary/aromatic N) is 1. The standard InChI is InChI=1S/C14H26N2O2/c1-4-12(15)14(13-7-5-10-18-13)16(11(2)3)8-6-9-17/h5,7,10-12,14,17H,4,6,8-9,15H2,1-3H3. The van der Waals surface area contributed by atoms with E-state index >= 15 is 0 Å². The molecule has 3 N–H and O–H groups in total. The lowest BCUT2D eigenvalue weighted by Crippen LogP contribution is -2.44. The molecule has 0 radical (unpaired) electrons. The van der Waals surface area contributed by atoms with Gasteiger partial charge >= 0.3 is 0 Å². The number of hydrogen-bond acceptors (Lipinski definition) is 4. The van der Waals surface area contributed by atoms with Gasteiger partial charge in [-0.1, -0.05) is 6.92 Å². The maximum absolute atomic E-state index is 9.02. The quantitative estimate of drug-likeness (QED) is 0.746. The highest BCUT2D eigenvalue weighted by Crippen LogP contribution is 2.27. The summed E-state index contributed by atoms with van der Waals surface area (Å²) in [6, 6.07) is 4.36. The maximum Gasteiger partial charge on any atom is 0.122 e. The van der Waals surface area contributed by atoms with E-state index in [0.717, 1.165) is 25.1 Å². The zero-order chi connectivity index (χ0) is 13.5. The number of furan rings is 1. The summed E-state index contributed by atoms with van der Waals surface area (Å²) >= 11 is 0. The molecule has 18 heavy (non-hydrogen) atoms. The molecule has 0 aliphatic rings. The molecule has 0 aliphatic heterocycles. The second kappa shape index (κ2) is 7.56. The van der Waals surface area contributed by atoms with E-state index in [0.29, 0.717) is 6.04 Å². The van der Waals surface area contributed by atoms with Crippen LogP contribution in [-0.4, -0.2) is 35.2 Å². The highest BCUT2D eigenvalue weighted by molar-refractivity contribution is 5.08. The Balaban J connectivity index is 2.91. The molecular formula is C14H26N2O2. The first kappa shape index (κ1) is 15.2. The van der Waals surface area contributed by atoms with Crippen LogP contribution in [-0.2, 0) is 0 Å². The van der Waals surface area contributed by atoms with Gasteiger partial charge in [0.05, 0.1) is 12.3 Å². The summed E-state index contributed by atoms with van der Waals surface area (Å²) in [5, 5.41) is 9.02. The third-order valence-corrected chi connectivity index (χ3v) is 3.31. The molecule has 1 heterocycles. The lowest BCUT2D eigenvalue weighted by Gasteiger charge is -2.36. The molecule has 1 rings (SSSR count). The average molecular weight is 254 g/mol. The van der Waals surface area contributed by atoms with Crippen molar-refractivity contribution in [2.24, 2.45) is 5.73 Å². The van der Waals surface area contributed by atoms with Crippen molar-refractivity contribution in [2.45, 2.75) is 51.7 Å². The van der Waals surface area contributed by atoms with E-state index in [-0.39, 0.29) is 18.7 Å². The lowest BCUT2D eigenvalue weighted by atomic mass is 10.0. The van der Waals surface area contributed by atoms with Gasteiger partial charge in [0.25, 0.3) is 0 Å². The van der Waals surface area contributed by atoms with Crippen LogP contribution in [0.1, 0.15) is 45.4 Å². The van der Waals surface area contributed by atoms with Crippen LogP contribution < -0.4 is 5.73 Å². The molecule has 0 spiro atoms. The first-order chi connectivity index (χ1) is 8.61. The van der Waals surface area contributed by atoms with Gasteiger partial charge in [-0.25, -0.2) is 0 Å².